The van der Waals surface area contributed by atoms with Gasteiger partial charge < -0.3 is 4.90 Å². The maximum atomic E-state index is 12.4. The molecule has 0 amide bonds. The van der Waals surface area contributed by atoms with Crippen LogP contribution in [-0.2, 0) is 10.2 Å². The fourth-order valence-corrected chi connectivity index (χ4v) is 3.57. The Kier molecular flexibility index (Phi) is 5.06. The molecule has 0 heterocycles. The lowest BCUT2D eigenvalue weighted by Gasteiger charge is -2.18. The van der Waals surface area contributed by atoms with Gasteiger partial charge in [0.25, 0.3) is 0 Å². The average Bonchev–Trinajstić information content (AvgIpc) is 3.26. The van der Waals surface area contributed by atoms with Crippen molar-refractivity contribution in [3.8, 4) is 0 Å². The summed E-state index contributed by atoms with van der Waals surface area (Å²) in [6.07, 6.45) is 2.04. The molecule has 0 bridgehead atoms. The van der Waals surface area contributed by atoms with Crippen LogP contribution >= 0.6 is 11.8 Å². The zero-order valence-electron chi connectivity index (χ0n) is 11.9. The highest BCUT2D eigenvalue weighted by atomic mass is 32.2. The van der Waals surface area contributed by atoms with Gasteiger partial charge in [0.05, 0.1) is 5.41 Å². The van der Waals surface area contributed by atoms with Gasteiger partial charge in [-0.05, 0) is 31.5 Å². The van der Waals surface area contributed by atoms with Crippen LogP contribution < -0.4 is 0 Å². The number of carbonyl (C=O) groups excluding carboxylic acids is 1. The van der Waals surface area contributed by atoms with E-state index in [0.29, 0.717) is 5.12 Å². The molecule has 104 valence electrons. The molecule has 1 aliphatic rings. The van der Waals surface area contributed by atoms with E-state index in [1.165, 1.54) is 17.3 Å². The summed E-state index contributed by atoms with van der Waals surface area (Å²) in [5, 5.41) is 0.367. The zero-order valence-corrected chi connectivity index (χ0v) is 12.7. The Morgan fingerprint density at radius 3 is 2.37 bits per heavy atom. The van der Waals surface area contributed by atoms with E-state index in [1.807, 2.05) is 18.2 Å². The van der Waals surface area contributed by atoms with Crippen molar-refractivity contribution in [3.63, 3.8) is 0 Å². The normalized spacial score (nSPS) is 16.6. The van der Waals surface area contributed by atoms with Crippen molar-refractivity contribution >= 4 is 16.9 Å². The lowest BCUT2D eigenvalue weighted by Crippen LogP contribution is -2.26. The van der Waals surface area contributed by atoms with Crippen LogP contribution in [0.25, 0.3) is 0 Å². The monoisotopic (exact) mass is 277 g/mol. The molecule has 1 aliphatic carbocycles. The summed E-state index contributed by atoms with van der Waals surface area (Å²) in [6.45, 7) is 7.48. The SMILES string of the molecule is CCN(CC)CCSC(=O)C1(c2ccccc2)CC1. The second kappa shape index (κ2) is 6.58. The van der Waals surface area contributed by atoms with E-state index in [-0.39, 0.29) is 5.41 Å². The summed E-state index contributed by atoms with van der Waals surface area (Å²) in [6, 6.07) is 10.3. The first-order valence-corrected chi connectivity index (χ1v) is 8.16. The Morgan fingerprint density at radius 1 is 1.21 bits per heavy atom. The van der Waals surface area contributed by atoms with Gasteiger partial charge in [0.15, 0.2) is 5.12 Å². The molecule has 1 aromatic rings. The van der Waals surface area contributed by atoms with Gasteiger partial charge in [-0.15, -0.1) is 0 Å². The average molecular weight is 277 g/mol. The molecule has 0 saturated heterocycles. The standard InChI is InChI=1S/C16H23NOS/c1-3-17(4-2)12-13-19-15(18)16(10-11-16)14-8-6-5-7-9-14/h5-9H,3-4,10-13H2,1-2H3. The Hall–Kier alpha value is -0.800. The molecule has 0 aromatic heterocycles. The van der Waals surface area contributed by atoms with Crippen molar-refractivity contribution in [2.24, 2.45) is 0 Å². The summed E-state index contributed by atoms with van der Waals surface area (Å²) >= 11 is 1.52. The summed E-state index contributed by atoms with van der Waals surface area (Å²) in [5.41, 5.74) is 1.05. The maximum Gasteiger partial charge on any atom is 0.199 e. The Morgan fingerprint density at radius 2 is 1.84 bits per heavy atom. The quantitative estimate of drug-likeness (QED) is 0.762. The minimum atomic E-state index is -0.158. The number of benzene rings is 1. The van der Waals surface area contributed by atoms with E-state index in [2.05, 4.69) is 30.9 Å². The lowest BCUT2D eigenvalue weighted by atomic mass is 9.98. The molecule has 1 fully saturated rings. The van der Waals surface area contributed by atoms with Crippen LogP contribution in [0.5, 0.6) is 0 Å². The first kappa shape index (κ1) is 14.6. The van der Waals surface area contributed by atoms with Crippen LogP contribution in [0.4, 0.5) is 0 Å². The van der Waals surface area contributed by atoms with E-state index in [4.69, 9.17) is 0 Å². The van der Waals surface area contributed by atoms with Gasteiger partial charge in [-0.3, -0.25) is 4.79 Å². The van der Waals surface area contributed by atoms with Crippen molar-refractivity contribution in [2.75, 3.05) is 25.4 Å². The number of hydrogen-bond acceptors (Lipinski definition) is 3. The number of thioether (sulfide) groups is 1. The predicted octanol–water partition coefficient (Wildman–Crippen LogP) is 3.32. The Labute approximate surface area is 120 Å². The molecule has 0 atom stereocenters. The summed E-state index contributed by atoms with van der Waals surface area (Å²) < 4.78 is 0. The maximum absolute atomic E-state index is 12.4. The van der Waals surface area contributed by atoms with Crippen LogP contribution in [-0.4, -0.2) is 35.4 Å². The number of nitrogens with zero attached hydrogens (tertiary/aromatic N) is 1. The smallest absolute Gasteiger partial charge is 0.199 e. The first-order valence-electron chi connectivity index (χ1n) is 7.18. The van der Waals surface area contributed by atoms with Crippen LogP contribution in [0.15, 0.2) is 30.3 Å². The van der Waals surface area contributed by atoms with Crippen LogP contribution in [0.2, 0.25) is 0 Å². The molecule has 2 nitrogen and oxygen atoms in total. The van der Waals surface area contributed by atoms with Gasteiger partial charge in [0.1, 0.15) is 0 Å². The third-order valence-electron chi connectivity index (χ3n) is 4.00. The largest absolute Gasteiger partial charge is 0.303 e. The highest BCUT2D eigenvalue weighted by Gasteiger charge is 2.50. The zero-order chi connectivity index (χ0) is 13.7. The minimum Gasteiger partial charge on any atom is -0.303 e. The fraction of sp³-hybridized carbons (Fsp3) is 0.562. The lowest BCUT2D eigenvalue weighted by molar-refractivity contribution is -0.113. The van der Waals surface area contributed by atoms with Crippen LogP contribution in [0, 0.1) is 0 Å². The third kappa shape index (κ3) is 3.40. The molecule has 0 unspecified atom stereocenters. The molecule has 1 aromatic carbocycles. The van der Waals surface area contributed by atoms with Gasteiger partial charge >= 0.3 is 0 Å². The van der Waals surface area contributed by atoms with Gasteiger partial charge in [-0.25, -0.2) is 0 Å². The molecule has 3 heteroatoms. The van der Waals surface area contributed by atoms with E-state index in [9.17, 15) is 4.79 Å². The summed E-state index contributed by atoms with van der Waals surface area (Å²) in [4.78, 5) is 14.8. The van der Waals surface area contributed by atoms with Gasteiger partial charge in [0.2, 0.25) is 0 Å². The minimum absolute atomic E-state index is 0.158. The van der Waals surface area contributed by atoms with Crippen molar-refractivity contribution in [1.82, 2.24) is 4.90 Å². The van der Waals surface area contributed by atoms with Gasteiger partial charge in [0, 0.05) is 12.3 Å². The Bertz CT molecular complexity index is 410. The molecular weight excluding hydrogens is 254 g/mol. The topological polar surface area (TPSA) is 20.3 Å². The number of hydrogen-bond donors (Lipinski definition) is 0. The van der Waals surface area contributed by atoms with E-state index >= 15 is 0 Å². The van der Waals surface area contributed by atoms with E-state index in [1.54, 1.807) is 0 Å². The van der Waals surface area contributed by atoms with Gasteiger partial charge in [-0.2, -0.15) is 0 Å². The van der Waals surface area contributed by atoms with Gasteiger partial charge in [-0.1, -0.05) is 55.9 Å². The predicted molar refractivity (Wildman–Crippen MR) is 82.6 cm³/mol. The van der Waals surface area contributed by atoms with Crippen molar-refractivity contribution in [1.29, 1.82) is 0 Å². The second-order valence-electron chi connectivity index (χ2n) is 5.11. The number of carbonyl (C=O) groups is 1. The molecule has 0 spiro atoms. The highest BCUT2D eigenvalue weighted by Crippen LogP contribution is 2.51. The number of rotatable bonds is 7. The van der Waals surface area contributed by atoms with E-state index < -0.39 is 0 Å². The van der Waals surface area contributed by atoms with Crippen LogP contribution in [0.3, 0.4) is 0 Å². The molecule has 2 rings (SSSR count). The third-order valence-corrected chi connectivity index (χ3v) is 5.04. The van der Waals surface area contributed by atoms with Crippen LogP contribution in [0.1, 0.15) is 32.3 Å². The highest BCUT2D eigenvalue weighted by molar-refractivity contribution is 8.13. The molecule has 1 saturated carbocycles. The summed E-state index contributed by atoms with van der Waals surface area (Å²) in [7, 11) is 0. The first-order chi connectivity index (χ1) is 9.23. The van der Waals surface area contributed by atoms with E-state index in [0.717, 1.165) is 38.2 Å². The summed E-state index contributed by atoms with van der Waals surface area (Å²) in [5.74, 6) is 0.912. The fourth-order valence-electron chi connectivity index (χ4n) is 2.44. The molecular formula is C16H23NOS. The molecule has 0 N–H and O–H groups in total. The molecule has 0 aliphatic heterocycles. The van der Waals surface area contributed by atoms with Crippen molar-refractivity contribution in [2.45, 2.75) is 32.1 Å². The van der Waals surface area contributed by atoms with Crippen molar-refractivity contribution in [3.05, 3.63) is 35.9 Å². The van der Waals surface area contributed by atoms with Crippen molar-refractivity contribution < 1.29 is 4.79 Å². The molecule has 0 radical (unpaired) electrons. The second-order valence-corrected chi connectivity index (χ2v) is 6.18. The Balaban J connectivity index is 1.87. The molecule has 19 heavy (non-hydrogen) atoms.